The topological polar surface area (TPSA) is 97.3 Å². The number of hydrogen-bond acceptors (Lipinski definition) is 7. The Balaban J connectivity index is 1.53. The van der Waals surface area contributed by atoms with Crippen LogP contribution in [0.4, 0.5) is 5.13 Å². The van der Waals surface area contributed by atoms with Crippen molar-refractivity contribution in [3.63, 3.8) is 0 Å². The second-order valence-electron chi connectivity index (χ2n) is 5.72. The van der Waals surface area contributed by atoms with Gasteiger partial charge >= 0.3 is 0 Å². The molecule has 1 unspecified atom stereocenters. The summed E-state index contributed by atoms with van der Waals surface area (Å²) in [5, 5.41) is 12.1. The number of amides is 2. The summed E-state index contributed by atoms with van der Waals surface area (Å²) >= 11 is 1.35. The number of hydrogen-bond donors (Lipinski definition) is 1. The molecule has 0 spiro atoms. The molecular weight excluding hydrogens is 342 g/mol. The molecule has 0 aromatic carbocycles. The Bertz CT molecular complexity index is 779. The molecule has 25 heavy (non-hydrogen) atoms. The van der Waals surface area contributed by atoms with E-state index in [1.54, 1.807) is 18.2 Å². The molecule has 1 aliphatic rings. The van der Waals surface area contributed by atoms with E-state index in [0.29, 0.717) is 30.5 Å². The molecule has 3 heterocycles. The number of nitrogens with zero attached hydrogens (tertiary/aromatic N) is 4. The second kappa shape index (κ2) is 7.56. The molecule has 1 N–H and O–H groups in total. The number of nitrogens with one attached hydrogen (secondary N) is 1. The zero-order chi connectivity index (χ0) is 17.8. The largest absolute Gasteiger partial charge is 0.481 e. The number of aromatic nitrogens is 3. The molecule has 1 atom stereocenters. The van der Waals surface area contributed by atoms with Gasteiger partial charge in [-0.3, -0.25) is 14.5 Å². The van der Waals surface area contributed by atoms with E-state index in [1.165, 1.54) is 11.3 Å². The first-order chi connectivity index (χ1) is 12.1. The van der Waals surface area contributed by atoms with Crippen molar-refractivity contribution in [3.05, 3.63) is 28.9 Å². The quantitative estimate of drug-likeness (QED) is 0.823. The number of anilines is 1. The lowest BCUT2D eigenvalue weighted by Crippen LogP contribution is -2.34. The Hall–Kier alpha value is -2.55. The lowest BCUT2D eigenvalue weighted by Gasteiger charge is -2.13. The third-order valence-electron chi connectivity index (χ3n) is 3.98. The summed E-state index contributed by atoms with van der Waals surface area (Å²) in [5.41, 5.74) is 0.929. The van der Waals surface area contributed by atoms with Gasteiger partial charge < -0.3 is 10.1 Å². The molecule has 2 amide bonds. The highest BCUT2D eigenvalue weighted by Crippen LogP contribution is 2.27. The Labute approximate surface area is 149 Å². The number of pyridine rings is 1. The van der Waals surface area contributed by atoms with Crippen molar-refractivity contribution in [2.45, 2.75) is 19.8 Å². The molecular formula is C16H19N5O3S. The molecule has 0 bridgehead atoms. The fourth-order valence-corrected chi connectivity index (χ4v) is 3.44. The van der Waals surface area contributed by atoms with Gasteiger partial charge in [-0.2, -0.15) is 0 Å². The van der Waals surface area contributed by atoms with Crippen LogP contribution in [0.15, 0.2) is 18.3 Å². The fourth-order valence-electron chi connectivity index (χ4n) is 2.73. The number of carbonyl (C=O) groups excluding carboxylic acids is 2. The summed E-state index contributed by atoms with van der Waals surface area (Å²) in [4.78, 5) is 30.2. The van der Waals surface area contributed by atoms with E-state index < -0.39 is 0 Å². The van der Waals surface area contributed by atoms with Crippen molar-refractivity contribution >= 4 is 28.3 Å². The predicted octanol–water partition coefficient (Wildman–Crippen LogP) is 0.962. The van der Waals surface area contributed by atoms with Gasteiger partial charge in [0.2, 0.25) is 22.8 Å². The van der Waals surface area contributed by atoms with E-state index in [4.69, 9.17) is 4.74 Å². The maximum Gasteiger partial charge on any atom is 0.229 e. The van der Waals surface area contributed by atoms with Crippen LogP contribution in [0.5, 0.6) is 5.88 Å². The standard InChI is InChI=1S/C16H19N5O3S/c1-10-19-20-16(25-10)21-9-12(8-13(21)22)14(23)17-7-5-11-4-3-6-18-15(11)24-2/h3-4,6,12H,5,7-9H2,1-2H3,(H,17,23). The molecule has 3 rings (SSSR count). The van der Waals surface area contributed by atoms with E-state index in [9.17, 15) is 9.59 Å². The maximum atomic E-state index is 12.3. The third-order valence-corrected chi connectivity index (χ3v) is 4.84. The van der Waals surface area contributed by atoms with Crippen LogP contribution in [0.1, 0.15) is 17.0 Å². The molecule has 1 fully saturated rings. The van der Waals surface area contributed by atoms with E-state index in [1.807, 2.05) is 19.1 Å². The number of aryl methyl sites for hydroxylation is 1. The minimum Gasteiger partial charge on any atom is -0.481 e. The summed E-state index contributed by atoms with van der Waals surface area (Å²) in [6, 6.07) is 3.74. The molecule has 1 aliphatic heterocycles. The van der Waals surface area contributed by atoms with Crippen molar-refractivity contribution in [3.8, 4) is 5.88 Å². The monoisotopic (exact) mass is 361 g/mol. The van der Waals surface area contributed by atoms with E-state index in [-0.39, 0.29) is 24.2 Å². The number of methoxy groups -OCH3 is 1. The first kappa shape index (κ1) is 17.3. The number of carbonyl (C=O) groups is 2. The number of ether oxygens (including phenoxy) is 1. The molecule has 132 valence electrons. The minimum absolute atomic E-state index is 0.0924. The van der Waals surface area contributed by atoms with E-state index >= 15 is 0 Å². The summed E-state index contributed by atoms with van der Waals surface area (Å²) in [6.07, 6.45) is 2.47. The van der Waals surface area contributed by atoms with Gasteiger partial charge in [0.1, 0.15) is 5.01 Å². The molecule has 8 nitrogen and oxygen atoms in total. The Kier molecular flexibility index (Phi) is 5.22. The van der Waals surface area contributed by atoms with Gasteiger partial charge in [-0.15, -0.1) is 10.2 Å². The van der Waals surface area contributed by atoms with Gasteiger partial charge in [-0.25, -0.2) is 4.98 Å². The van der Waals surface area contributed by atoms with E-state index in [2.05, 4.69) is 20.5 Å². The Morgan fingerprint density at radius 2 is 2.32 bits per heavy atom. The molecule has 0 radical (unpaired) electrons. The lowest BCUT2D eigenvalue weighted by molar-refractivity contribution is -0.126. The SMILES string of the molecule is COc1ncccc1CCNC(=O)C1CC(=O)N(c2nnc(C)s2)C1. The fraction of sp³-hybridized carbons (Fsp3) is 0.438. The highest BCUT2D eigenvalue weighted by atomic mass is 32.1. The summed E-state index contributed by atoms with van der Waals surface area (Å²) in [7, 11) is 1.57. The van der Waals surface area contributed by atoms with Crippen LogP contribution >= 0.6 is 11.3 Å². The van der Waals surface area contributed by atoms with Crippen LogP contribution in [-0.2, 0) is 16.0 Å². The Morgan fingerprint density at radius 3 is 3.04 bits per heavy atom. The van der Waals surface area contributed by atoms with Crippen molar-refractivity contribution < 1.29 is 14.3 Å². The van der Waals surface area contributed by atoms with Crippen molar-refractivity contribution in [1.82, 2.24) is 20.5 Å². The minimum atomic E-state index is -0.368. The molecule has 9 heteroatoms. The van der Waals surface area contributed by atoms with Crippen molar-refractivity contribution in [1.29, 1.82) is 0 Å². The van der Waals surface area contributed by atoms with Gasteiger partial charge in [0.05, 0.1) is 13.0 Å². The summed E-state index contributed by atoms with van der Waals surface area (Å²) in [5.74, 6) is -0.0247. The van der Waals surface area contributed by atoms with Crippen molar-refractivity contribution in [2.24, 2.45) is 5.92 Å². The van der Waals surface area contributed by atoms with Crippen LogP contribution in [0, 0.1) is 12.8 Å². The van der Waals surface area contributed by atoms with Crippen LogP contribution in [0.2, 0.25) is 0 Å². The zero-order valence-electron chi connectivity index (χ0n) is 14.1. The summed E-state index contributed by atoms with van der Waals surface area (Å²) in [6.45, 7) is 2.64. The van der Waals surface area contributed by atoms with Gasteiger partial charge in [0.25, 0.3) is 0 Å². The number of rotatable bonds is 6. The normalized spacial score (nSPS) is 17.0. The molecule has 0 aliphatic carbocycles. The highest BCUT2D eigenvalue weighted by Gasteiger charge is 2.36. The maximum absolute atomic E-state index is 12.3. The van der Waals surface area contributed by atoms with Crippen molar-refractivity contribution in [2.75, 3.05) is 25.1 Å². The molecule has 1 saturated heterocycles. The lowest BCUT2D eigenvalue weighted by atomic mass is 10.1. The zero-order valence-corrected chi connectivity index (χ0v) is 14.9. The first-order valence-corrected chi connectivity index (χ1v) is 8.76. The average molecular weight is 361 g/mol. The van der Waals surface area contributed by atoms with Gasteiger partial charge in [0, 0.05) is 31.3 Å². The van der Waals surface area contributed by atoms with Crippen LogP contribution in [0.25, 0.3) is 0 Å². The molecule has 2 aromatic rings. The third kappa shape index (κ3) is 3.93. The van der Waals surface area contributed by atoms with Gasteiger partial charge in [0.15, 0.2) is 0 Å². The van der Waals surface area contributed by atoms with Crippen LogP contribution < -0.4 is 15.0 Å². The average Bonchev–Trinajstić information content (AvgIpc) is 3.21. The first-order valence-electron chi connectivity index (χ1n) is 7.94. The highest BCUT2D eigenvalue weighted by molar-refractivity contribution is 7.15. The summed E-state index contributed by atoms with van der Waals surface area (Å²) < 4.78 is 5.19. The Morgan fingerprint density at radius 1 is 1.48 bits per heavy atom. The van der Waals surface area contributed by atoms with Gasteiger partial charge in [-0.05, 0) is 19.4 Å². The van der Waals surface area contributed by atoms with Gasteiger partial charge in [-0.1, -0.05) is 17.4 Å². The smallest absolute Gasteiger partial charge is 0.229 e. The van der Waals surface area contributed by atoms with E-state index in [0.717, 1.165) is 10.6 Å². The molecule has 0 saturated carbocycles. The predicted molar refractivity (Wildman–Crippen MR) is 92.6 cm³/mol. The molecule has 2 aromatic heterocycles. The second-order valence-corrected chi connectivity index (χ2v) is 6.88. The van der Waals surface area contributed by atoms with Crippen LogP contribution in [-0.4, -0.2) is 47.2 Å². The van der Waals surface area contributed by atoms with Crippen LogP contribution in [0.3, 0.4) is 0 Å².